The SMILES string of the molecule is CCCCCn1nnnc1-c1ccc(N)cc1F. The molecular weight excluding hydrogens is 233 g/mol. The van der Waals surface area contributed by atoms with E-state index >= 15 is 0 Å². The van der Waals surface area contributed by atoms with Crippen molar-refractivity contribution in [3.8, 4) is 11.4 Å². The average molecular weight is 249 g/mol. The molecule has 0 radical (unpaired) electrons. The molecule has 2 rings (SSSR count). The van der Waals surface area contributed by atoms with Gasteiger partial charge in [0.2, 0.25) is 0 Å². The lowest BCUT2D eigenvalue weighted by atomic mass is 10.2. The largest absolute Gasteiger partial charge is 0.399 e. The van der Waals surface area contributed by atoms with Gasteiger partial charge in [0.25, 0.3) is 0 Å². The zero-order valence-corrected chi connectivity index (χ0v) is 10.3. The number of tetrazole rings is 1. The highest BCUT2D eigenvalue weighted by Crippen LogP contribution is 2.22. The number of nitrogens with two attached hydrogens (primary N) is 1. The first kappa shape index (κ1) is 12.5. The predicted octanol–water partition coefficient (Wildman–Crippen LogP) is 2.25. The lowest BCUT2D eigenvalue weighted by Gasteiger charge is -2.05. The number of hydrogen-bond acceptors (Lipinski definition) is 4. The van der Waals surface area contributed by atoms with Crippen molar-refractivity contribution >= 4 is 5.69 Å². The first-order valence-electron chi connectivity index (χ1n) is 6.04. The van der Waals surface area contributed by atoms with Crippen molar-refractivity contribution in [2.24, 2.45) is 0 Å². The van der Waals surface area contributed by atoms with E-state index in [1.807, 2.05) is 0 Å². The smallest absolute Gasteiger partial charge is 0.184 e. The third kappa shape index (κ3) is 2.64. The van der Waals surface area contributed by atoms with Gasteiger partial charge in [-0.15, -0.1) is 5.10 Å². The second-order valence-corrected chi connectivity index (χ2v) is 4.17. The number of aryl methyl sites for hydroxylation is 1. The molecule has 0 aliphatic heterocycles. The van der Waals surface area contributed by atoms with E-state index in [1.165, 1.54) is 6.07 Å². The summed E-state index contributed by atoms with van der Waals surface area (Å²) in [7, 11) is 0. The summed E-state index contributed by atoms with van der Waals surface area (Å²) in [6, 6.07) is 4.52. The zero-order valence-electron chi connectivity index (χ0n) is 10.3. The molecule has 0 saturated heterocycles. The monoisotopic (exact) mass is 249 g/mol. The third-order valence-electron chi connectivity index (χ3n) is 2.74. The molecule has 0 aliphatic carbocycles. The van der Waals surface area contributed by atoms with E-state index in [1.54, 1.807) is 16.8 Å². The summed E-state index contributed by atoms with van der Waals surface area (Å²) in [5, 5.41) is 11.4. The molecule has 0 atom stereocenters. The predicted molar refractivity (Wildman–Crippen MR) is 67.1 cm³/mol. The Labute approximate surface area is 105 Å². The number of nitrogens with zero attached hydrogens (tertiary/aromatic N) is 4. The molecule has 18 heavy (non-hydrogen) atoms. The van der Waals surface area contributed by atoms with Gasteiger partial charge in [-0.2, -0.15) is 0 Å². The maximum atomic E-state index is 13.8. The molecule has 0 amide bonds. The van der Waals surface area contributed by atoms with Crippen LogP contribution in [0.4, 0.5) is 10.1 Å². The van der Waals surface area contributed by atoms with E-state index in [2.05, 4.69) is 22.4 Å². The van der Waals surface area contributed by atoms with Crippen molar-refractivity contribution in [3.05, 3.63) is 24.0 Å². The number of aromatic nitrogens is 4. The van der Waals surface area contributed by atoms with E-state index in [0.29, 0.717) is 23.6 Å². The fourth-order valence-electron chi connectivity index (χ4n) is 1.77. The van der Waals surface area contributed by atoms with E-state index in [0.717, 1.165) is 19.3 Å². The molecule has 0 spiro atoms. The number of hydrogen-bond donors (Lipinski definition) is 1. The summed E-state index contributed by atoms with van der Waals surface area (Å²) in [6.07, 6.45) is 3.20. The summed E-state index contributed by atoms with van der Waals surface area (Å²) < 4.78 is 15.4. The molecule has 0 bridgehead atoms. The lowest BCUT2D eigenvalue weighted by Crippen LogP contribution is -2.04. The van der Waals surface area contributed by atoms with Gasteiger partial charge in [0.15, 0.2) is 5.82 Å². The minimum atomic E-state index is -0.401. The molecule has 0 unspecified atom stereocenters. The second-order valence-electron chi connectivity index (χ2n) is 4.17. The van der Waals surface area contributed by atoms with Crippen molar-refractivity contribution < 1.29 is 4.39 Å². The molecule has 1 aromatic heterocycles. The van der Waals surface area contributed by atoms with Crippen LogP contribution in [0.5, 0.6) is 0 Å². The Morgan fingerprint density at radius 1 is 1.33 bits per heavy atom. The summed E-state index contributed by atoms with van der Waals surface area (Å²) in [5.74, 6) is 0.0464. The van der Waals surface area contributed by atoms with E-state index < -0.39 is 5.82 Å². The minimum absolute atomic E-state index is 0.380. The molecule has 2 N–H and O–H groups in total. The van der Waals surface area contributed by atoms with Crippen LogP contribution in [0.3, 0.4) is 0 Å². The van der Waals surface area contributed by atoms with E-state index in [4.69, 9.17) is 5.73 Å². The van der Waals surface area contributed by atoms with Crippen LogP contribution in [0.1, 0.15) is 26.2 Å². The summed E-state index contributed by atoms with van der Waals surface area (Å²) >= 11 is 0. The highest BCUT2D eigenvalue weighted by atomic mass is 19.1. The van der Waals surface area contributed by atoms with Gasteiger partial charge in [-0.25, -0.2) is 9.07 Å². The fourth-order valence-corrected chi connectivity index (χ4v) is 1.77. The van der Waals surface area contributed by atoms with Crippen molar-refractivity contribution in [3.63, 3.8) is 0 Å². The Morgan fingerprint density at radius 2 is 2.17 bits per heavy atom. The maximum Gasteiger partial charge on any atom is 0.184 e. The molecule has 96 valence electrons. The fraction of sp³-hybridized carbons (Fsp3) is 0.417. The van der Waals surface area contributed by atoms with Crippen LogP contribution in [0.25, 0.3) is 11.4 Å². The normalized spacial score (nSPS) is 10.8. The van der Waals surface area contributed by atoms with Gasteiger partial charge in [-0.1, -0.05) is 19.8 Å². The molecule has 2 aromatic rings. The van der Waals surface area contributed by atoms with Gasteiger partial charge in [-0.05, 0) is 35.0 Å². The Balaban J connectivity index is 2.25. The highest BCUT2D eigenvalue weighted by molar-refractivity contribution is 5.59. The van der Waals surface area contributed by atoms with Crippen LogP contribution in [0.2, 0.25) is 0 Å². The highest BCUT2D eigenvalue weighted by Gasteiger charge is 2.13. The van der Waals surface area contributed by atoms with Crippen molar-refractivity contribution in [2.75, 3.05) is 5.73 Å². The molecular formula is C12H16FN5. The van der Waals surface area contributed by atoms with Crippen LogP contribution in [-0.2, 0) is 6.54 Å². The quantitative estimate of drug-likeness (QED) is 0.651. The molecule has 0 aliphatic rings. The summed E-state index contributed by atoms with van der Waals surface area (Å²) in [5.41, 5.74) is 6.29. The molecule has 1 aromatic carbocycles. The number of unbranched alkanes of at least 4 members (excludes halogenated alkanes) is 2. The Hall–Kier alpha value is -1.98. The lowest BCUT2D eigenvalue weighted by molar-refractivity contribution is 0.539. The number of rotatable bonds is 5. The van der Waals surface area contributed by atoms with Crippen LogP contribution in [0, 0.1) is 5.82 Å². The van der Waals surface area contributed by atoms with Crippen molar-refractivity contribution in [1.29, 1.82) is 0 Å². The third-order valence-corrected chi connectivity index (χ3v) is 2.74. The van der Waals surface area contributed by atoms with Crippen LogP contribution in [0.15, 0.2) is 18.2 Å². The molecule has 5 nitrogen and oxygen atoms in total. The summed E-state index contributed by atoms with van der Waals surface area (Å²) in [4.78, 5) is 0. The number of halogens is 1. The van der Waals surface area contributed by atoms with Crippen LogP contribution >= 0.6 is 0 Å². The minimum Gasteiger partial charge on any atom is -0.399 e. The van der Waals surface area contributed by atoms with Gasteiger partial charge in [-0.3, -0.25) is 0 Å². The van der Waals surface area contributed by atoms with Gasteiger partial charge in [0, 0.05) is 12.2 Å². The Kier molecular flexibility index (Phi) is 3.86. The summed E-state index contributed by atoms with van der Waals surface area (Å²) in [6.45, 7) is 2.82. The Morgan fingerprint density at radius 3 is 2.89 bits per heavy atom. The van der Waals surface area contributed by atoms with Crippen LogP contribution < -0.4 is 5.73 Å². The first-order chi connectivity index (χ1) is 8.72. The molecule has 0 saturated carbocycles. The maximum absolute atomic E-state index is 13.8. The van der Waals surface area contributed by atoms with Gasteiger partial charge < -0.3 is 5.73 Å². The average Bonchev–Trinajstić information content (AvgIpc) is 2.78. The molecule has 6 heteroatoms. The molecule has 0 fully saturated rings. The van der Waals surface area contributed by atoms with Gasteiger partial charge >= 0.3 is 0 Å². The number of benzene rings is 1. The zero-order chi connectivity index (χ0) is 13.0. The van der Waals surface area contributed by atoms with E-state index in [9.17, 15) is 4.39 Å². The second kappa shape index (κ2) is 5.57. The Bertz CT molecular complexity index is 523. The number of nitrogen functional groups attached to an aromatic ring is 1. The first-order valence-corrected chi connectivity index (χ1v) is 6.04. The van der Waals surface area contributed by atoms with Gasteiger partial charge in [0.05, 0.1) is 5.56 Å². The molecule has 1 heterocycles. The standard InChI is InChI=1S/C12H16FN5/c1-2-3-4-7-18-12(15-16-17-18)10-6-5-9(14)8-11(10)13/h5-6,8H,2-4,7,14H2,1H3. The van der Waals surface area contributed by atoms with Crippen molar-refractivity contribution in [2.45, 2.75) is 32.7 Å². The van der Waals surface area contributed by atoms with Crippen molar-refractivity contribution in [1.82, 2.24) is 20.2 Å². The number of anilines is 1. The van der Waals surface area contributed by atoms with Gasteiger partial charge in [0.1, 0.15) is 5.82 Å². The van der Waals surface area contributed by atoms with Crippen LogP contribution in [-0.4, -0.2) is 20.2 Å². The van der Waals surface area contributed by atoms with E-state index in [-0.39, 0.29) is 0 Å². The topological polar surface area (TPSA) is 69.6 Å².